The maximum Gasteiger partial charge on any atom is 0.434 e. The fourth-order valence-electron chi connectivity index (χ4n) is 0.926. The van der Waals surface area contributed by atoms with Crippen LogP contribution in [0.4, 0.5) is 19.0 Å². The van der Waals surface area contributed by atoms with Crippen LogP contribution in [0.2, 0.25) is 0 Å². The van der Waals surface area contributed by atoms with E-state index in [4.69, 9.17) is 5.73 Å². The maximum absolute atomic E-state index is 12.5. The summed E-state index contributed by atoms with van der Waals surface area (Å²) in [6.07, 6.45) is -4.55. The zero-order valence-electron chi connectivity index (χ0n) is 7.47. The highest BCUT2D eigenvalue weighted by Gasteiger charge is 2.35. The number of alkyl halides is 3. The zero-order valence-corrected chi connectivity index (χ0v) is 8.36. The summed E-state index contributed by atoms with van der Waals surface area (Å²) in [6, 6.07) is 2.47. The summed E-state index contributed by atoms with van der Waals surface area (Å²) in [5.74, 6) is 4.76. The Balaban J connectivity index is 3.27. The highest BCUT2D eigenvalue weighted by Crippen LogP contribution is 2.30. The summed E-state index contributed by atoms with van der Waals surface area (Å²) in [4.78, 5) is 3.22. The number of nitrogens with two attached hydrogens (primary N) is 1. The number of pyridine rings is 1. The van der Waals surface area contributed by atoms with E-state index >= 15 is 0 Å². The van der Waals surface area contributed by atoms with Gasteiger partial charge in [-0.25, -0.2) is 4.98 Å². The zero-order chi connectivity index (χ0) is 11.5. The van der Waals surface area contributed by atoms with Crippen LogP contribution < -0.4 is 5.73 Å². The van der Waals surface area contributed by atoms with Gasteiger partial charge in [0.25, 0.3) is 0 Å². The van der Waals surface area contributed by atoms with Gasteiger partial charge in [0.1, 0.15) is 5.82 Å². The van der Waals surface area contributed by atoms with Crippen molar-refractivity contribution < 1.29 is 13.2 Å². The van der Waals surface area contributed by atoms with Crippen molar-refractivity contribution in [3.63, 3.8) is 0 Å². The van der Waals surface area contributed by atoms with Crippen LogP contribution in [0.15, 0.2) is 12.1 Å². The van der Waals surface area contributed by atoms with Crippen LogP contribution in [0.5, 0.6) is 0 Å². The lowest BCUT2D eigenvalue weighted by Crippen LogP contribution is -2.12. The van der Waals surface area contributed by atoms with Crippen LogP contribution in [0.1, 0.15) is 11.3 Å². The fraction of sp³-hybridized carbons (Fsp3) is 0.222. The van der Waals surface area contributed by atoms with Gasteiger partial charge in [-0.1, -0.05) is 11.8 Å². The molecule has 0 aliphatic rings. The van der Waals surface area contributed by atoms with Gasteiger partial charge < -0.3 is 5.73 Å². The summed E-state index contributed by atoms with van der Waals surface area (Å²) >= 11 is 3.78. The van der Waals surface area contributed by atoms with Gasteiger partial charge in [0.15, 0.2) is 5.69 Å². The molecule has 0 saturated carbocycles. The first-order chi connectivity index (χ1) is 6.95. The molecule has 6 heteroatoms. The lowest BCUT2D eigenvalue weighted by atomic mass is 10.2. The Morgan fingerprint density at radius 3 is 2.60 bits per heavy atom. The van der Waals surface area contributed by atoms with Crippen molar-refractivity contribution >= 4 is 18.4 Å². The van der Waals surface area contributed by atoms with E-state index in [1.165, 1.54) is 12.1 Å². The lowest BCUT2D eigenvalue weighted by Gasteiger charge is -2.08. The SMILES string of the molecule is Nc1ccc(C#CCS)c(C(F)(F)F)n1. The number of nitrogens with zero attached hydrogens (tertiary/aromatic N) is 1. The standard InChI is InChI=1S/C9H7F3N2S/c10-9(11,12)8-6(2-1-5-15)3-4-7(13)14-8/h3-4,15H,5H2,(H2,13,14). The minimum atomic E-state index is -4.55. The lowest BCUT2D eigenvalue weighted by molar-refractivity contribution is -0.141. The van der Waals surface area contributed by atoms with E-state index < -0.39 is 11.9 Å². The van der Waals surface area contributed by atoms with E-state index in [0.29, 0.717) is 0 Å². The fourth-order valence-corrected chi connectivity index (χ4v) is 1.01. The average molecular weight is 232 g/mol. The van der Waals surface area contributed by atoms with Crippen molar-refractivity contribution in [2.24, 2.45) is 0 Å². The second-order valence-corrected chi connectivity index (χ2v) is 2.91. The second kappa shape index (κ2) is 4.45. The quantitative estimate of drug-likeness (QED) is 0.530. The van der Waals surface area contributed by atoms with Crippen molar-refractivity contribution in [1.82, 2.24) is 4.98 Å². The maximum atomic E-state index is 12.5. The smallest absolute Gasteiger partial charge is 0.384 e. The Kier molecular flexibility index (Phi) is 3.48. The predicted octanol–water partition coefficient (Wildman–Crippen LogP) is 1.96. The molecule has 1 rings (SSSR count). The molecule has 0 amide bonds. The molecule has 80 valence electrons. The molecule has 0 fully saturated rings. The number of rotatable bonds is 0. The van der Waals surface area contributed by atoms with Gasteiger partial charge in [-0.2, -0.15) is 25.8 Å². The van der Waals surface area contributed by atoms with Crippen LogP contribution in [-0.4, -0.2) is 10.7 Å². The minimum Gasteiger partial charge on any atom is -0.384 e. The first-order valence-corrected chi connectivity index (χ1v) is 4.52. The highest BCUT2D eigenvalue weighted by atomic mass is 32.1. The van der Waals surface area contributed by atoms with Crippen LogP contribution in [0.3, 0.4) is 0 Å². The molecule has 0 aliphatic carbocycles. The molecule has 0 spiro atoms. The van der Waals surface area contributed by atoms with Gasteiger partial charge in [-0.15, -0.1) is 0 Å². The Morgan fingerprint density at radius 2 is 2.07 bits per heavy atom. The first-order valence-electron chi connectivity index (χ1n) is 3.88. The number of nitrogen functional groups attached to an aromatic ring is 1. The predicted molar refractivity (Wildman–Crippen MR) is 54.4 cm³/mol. The normalized spacial score (nSPS) is 10.7. The third kappa shape index (κ3) is 3.06. The van der Waals surface area contributed by atoms with Crippen LogP contribution in [-0.2, 0) is 6.18 Å². The molecule has 2 N–H and O–H groups in total. The summed E-state index contributed by atoms with van der Waals surface area (Å²) < 4.78 is 37.4. The van der Waals surface area contributed by atoms with Crippen molar-refractivity contribution in [2.45, 2.75) is 6.18 Å². The summed E-state index contributed by atoms with van der Waals surface area (Å²) in [5, 5.41) is 0. The number of hydrogen-bond acceptors (Lipinski definition) is 3. The minimum absolute atomic E-state index is 0.182. The molecule has 0 atom stereocenters. The molecule has 0 saturated heterocycles. The van der Waals surface area contributed by atoms with Gasteiger partial charge in [0, 0.05) is 0 Å². The van der Waals surface area contributed by atoms with Gasteiger partial charge in [-0.05, 0) is 12.1 Å². The van der Waals surface area contributed by atoms with E-state index in [2.05, 4.69) is 29.5 Å². The third-order valence-corrected chi connectivity index (χ3v) is 1.65. The summed E-state index contributed by atoms with van der Waals surface area (Å²) in [5.41, 5.74) is 3.93. The van der Waals surface area contributed by atoms with E-state index in [0.717, 1.165) is 0 Å². The number of anilines is 1. The van der Waals surface area contributed by atoms with Gasteiger partial charge >= 0.3 is 6.18 Å². The molecule has 0 aliphatic heterocycles. The molecule has 2 nitrogen and oxygen atoms in total. The molecule has 0 aromatic carbocycles. The molecule has 15 heavy (non-hydrogen) atoms. The number of halogens is 3. The largest absolute Gasteiger partial charge is 0.434 e. The van der Waals surface area contributed by atoms with E-state index in [1.807, 2.05) is 0 Å². The average Bonchev–Trinajstić information content (AvgIpc) is 2.14. The number of aromatic nitrogens is 1. The second-order valence-electron chi connectivity index (χ2n) is 2.59. The van der Waals surface area contributed by atoms with E-state index in [-0.39, 0.29) is 17.1 Å². The van der Waals surface area contributed by atoms with E-state index in [1.54, 1.807) is 0 Å². The van der Waals surface area contributed by atoms with Gasteiger partial charge in [0.05, 0.1) is 11.3 Å². The molecule has 1 aromatic heterocycles. The summed E-state index contributed by atoms with van der Waals surface area (Å²) in [7, 11) is 0. The Bertz CT molecular complexity index is 418. The Labute approximate surface area is 90.1 Å². The van der Waals surface area contributed by atoms with Gasteiger partial charge in [0.2, 0.25) is 0 Å². The number of thiol groups is 1. The topological polar surface area (TPSA) is 38.9 Å². The van der Waals surface area contributed by atoms with Gasteiger partial charge in [-0.3, -0.25) is 0 Å². The van der Waals surface area contributed by atoms with Crippen molar-refractivity contribution in [2.75, 3.05) is 11.5 Å². The van der Waals surface area contributed by atoms with Crippen LogP contribution in [0, 0.1) is 11.8 Å². The van der Waals surface area contributed by atoms with Crippen LogP contribution >= 0.6 is 12.6 Å². The Morgan fingerprint density at radius 1 is 1.40 bits per heavy atom. The highest BCUT2D eigenvalue weighted by molar-refractivity contribution is 7.80. The molecule has 1 aromatic rings. The molecular formula is C9H7F3N2S. The van der Waals surface area contributed by atoms with Crippen molar-refractivity contribution in [3.8, 4) is 11.8 Å². The molecule has 0 bridgehead atoms. The summed E-state index contributed by atoms with van der Waals surface area (Å²) in [6.45, 7) is 0. The molecule has 1 heterocycles. The number of hydrogen-bond donors (Lipinski definition) is 2. The molecule has 0 unspecified atom stereocenters. The first kappa shape index (κ1) is 11.7. The Hall–Kier alpha value is -1.35. The van der Waals surface area contributed by atoms with Crippen molar-refractivity contribution in [1.29, 1.82) is 0 Å². The molecular weight excluding hydrogens is 225 g/mol. The monoisotopic (exact) mass is 232 g/mol. The van der Waals surface area contributed by atoms with Crippen molar-refractivity contribution in [3.05, 3.63) is 23.4 Å². The van der Waals surface area contributed by atoms with Crippen LogP contribution in [0.25, 0.3) is 0 Å². The molecule has 0 radical (unpaired) electrons. The van der Waals surface area contributed by atoms with E-state index in [9.17, 15) is 13.2 Å². The third-order valence-electron chi connectivity index (χ3n) is 1.49.